The molecule has 2 aromatic rings. The summed E-state index contributed by atoms with van der Waals surface area (Å²) in [6.07, 6.45) is 4.61. The Hall–Kier alpha value is -1.80. The van der Waals surface area contributed by atoms with E-state index < -0.39 is 0 Å². The second-order valence-electron chi connectivity index (χ2n) is 5.25. The number of hydrogen-bond acceptors (Lipinski definition) is 2. The average Bonchev–Trinajstić information content (AvgIpc) is 2.48. The third kappa shape index (κ3) is 2.44. The van der Waals surface area contributed by atoms with Gasteiger partial charge in [0.25, 0.3) is 0 Å². The minimum absolute atomic E-state index is 0.0571. The molecule has 0 aromatic heterocycles. The molecule has 0 atom stereocenters. The fourth-order valence-electron chi connectivity index (χ4n) is 2.76. The SMILES string of the molecule is Nc1ccc(Cl)cc1C(=O)c1ccc2c(c1)CCCC2. The number of anilines is 1. The molecule has 0 fully saturated rings. The molecule has 20 heavy (non-hydrogen) atoms. The lowest BCUT2D eigenvalue weighted by Crippen LogP contribution is -2.08. The van der Waals surface area contributed by atoms with Crippen molar-refractivity contribution in [2.45, 2.75) is 25.7 Å². The molecular weight excluding hydrogens is 270 g/mol. The predicted octanol–water partition coefficient (Wildman–Crippen LogP) is 4.03. The first-order chi connectivity index (χ1) is 9.65. The summed E-state index contributed by atoms with van der Waals surface area (Å²) in [5, 5.41) is 0.528. The number of halogens is 1. The number of nitrogen functional groups attached to an aromatic ring is 1. The van der Waals surface area contributed by atoms with Gasteiger partial charge < -0.3 is 5.73 Å². The van der Waals surface area contributed by atoms with Gasteiger partial charge in [-0.2, -0.15) is 0 Å². The molecule has 0 spiro atoms. The Labute approximate surface area is 123 Å². The summed E-state index contributed by atoms with van der Waals surface area (Å²) >= 11 is 5.96. The predicted molar refractivity (Wildman–Crippen MR) is 82.4 cm³/mol. The van der Waals surface area contributed by atoms with Crippen LogP contribution in [0.15, 0.2) is 36.4 Å². The highest BCUT2D eigenvalue weighted by atomic mass is 35.5. The number of aryl methyl sites for hydroxylation is 2. The van der Waals surface area contributed by atoms with Crippen molar-refractivity contribution in [1.82, 2.24) is 0 Å². The summed E-state index contributed by atoms with van der Waals surface area (Å²) < 4.78 is 0. The number of fused-ring (bicyclic) bond motifs is 1. The Bertz CT molecular complexity index is 679. The van der Waals surface area contributed by atoms with E-state index in [1.54, 1.807) is 18.2 Å². The standard InChI is InChI=1S/C17H16ClNO/c18-14-7-8-16(19)15(10-14)17(20)13-6-5-11-3-1-2-4-12(11)9-13/h5-10H,1-4,19H2. The molecular formula is C17H16ClNO. The van der Waals surface area contributed by atoms with Gasteiger partial charge in [0.1, 0.15) is 0 Å². The smallest absolute Gasteiger partial charge is 0.195 e. The molecule has 1 aliphatic rings. The van der Waals surface area contributed by atoms with Crippen LogP contribution in [0.4, 0.5) is 5.69 Å². The number of ketones is 1. The van der Waals surface area contributed by atoms with Crippen molar-refractivity contribution >= 4 is 23.1 Å². The van der Waals surface area contributed by atoms with Crippen molar-refractivity contribution in [2.24, 2.45) is 0 Å². The first-order valence-corrected chi connectivity index (χ1v) is 7.24. The highest BCUT2D eigenvalue weighted by molar-refractivity contribution is 6.31. The molecule has 1 aliphatic carbocycles. The Morgan fingerprint density at radius 3 is 2.55 bits per heavy atom. The van der Waals surface area contributed by atoms with E-state index in [1.807, 2.05) is 12.1 Å². The van der Waals surface area contributed by atoms with Gasteiger partial charge in [0.05, 0.1) is 0 Å². The Morgan fingerprint density at radius 2 is 1.75 bits per heavy atom. The summed E-state index contributed by atoms with van der Waals surface area (Å²) in [4.78, 5) is 12.6. The third-order valence-corrected chi connectivity index (χ3v) is 4.11. The quantitative estimate of drug-likeness (QED) is 0.669. The van der Waals surface area contributed by atoms with Crippen LogP contribution < -0.4 is 5.73 Å². The molecule has 2 aromatic carbocycles. The second kappa shape index (κ2) is 5.29. The Kier molecular flexibility index (Phi) is 3.49. The second-order valence-corrected chi connectivity index (χ2v) is 5.69. The molecule has 0 saturated carbocycles. The maximum atomic E-state index is 12.6. The third-order valence-electron chi connectivity index (χ3n) is 3.87. The first-order valence-electron chi connectivity index (χ1n) is 6.86. The monoisotopic (exact) mass is 285 g/mol. The van der Waals surface area contributed by atoms with Gasteiger partial charge in [-0.25, -0.2) is 0 Å². The van der Waals surface area contributed by atoms with E-state index in [2.05, 4.69) is 6.07 Å². The average molecular weight is 286 g/mol. The van der Waals surface area contributed by atoms with Crippen molar-refractivity contribution in [1.29, 1.82) is 0 Å². The van der Waals surface area contributed by atoms with E-state index in [1.165, 1.54) is 24.0 Å². The van der Waals surface area contributed by atoms with Gasteiger partial charge in [-0.05, 0) is 61.1 Å². The highest BCUT2D eigenvalue weighted by Gasteiger charge is 2.16. The van der Waals surface area contributed by atoms with Gasteiger partial charge in [-0.3, -0.25) is 4.79 Å². The van der Waals surface area contributed by atoms with Crippen LogP contribution in [0.1, 0.15) is 39.9 Å². The number of hydrogen-bond donors (Lipinski definition) is 1. The van der Waals surface area contributed by atoms with Gasteiger partial charge in [0, 0.05) is 21.8 Å². The number of carbonyl (C=O) groups is 1. The van der Waals surface area contributed by atoms with E-state index in [9.17, 15) is 4.79 Å². The summed E-state index contributed by atoms with van der Waals surface area (Å²) in [5.74, 6) is -0.0571. The van der Waals surface area contributed by atoms with Gasteiger partial charge in [0.2, 0.25) is 0 Å². The van der Waals surface area contributed by atoms with Crippen molar-refractivity contribution in [3.8, 4) is 0 Å². The molecule has 0 heterocycles. The van der Waals surface area contributed by atoms with Crippen LogP contribution in [0, 0.1) is 0 Å². The van der Waals surface area contributed by atoms with Crippen molar-refractivity contribution < 1.29 is 4.79 Å². The highest BCUT2D eigenvalue weighted by Crippen LogP contribution is 2.25. The largest absolute Gasteiger partial charge is 0.398 e. The van der Waals surface area contributed by atoms with Crippen molar-refractivity contribution in [2.75, 3.05) is 5.73 Å². The lowest BCUT2D eigenvalue weighted by Gasteiger charge is -2.16. The van der Waals surface area contributed by atoms with Gasteiger partial charge in [0.15, 0.2) is 5.78 Å². The van der Waals surface area contributed by atoms with Crippen LogP contribution in [0.2, 0.25) is 5.02 Å². The van der Waals surface area contributed by atoms with E-state index in [-0.39, 0.29) is 5.78 Å². The lowest BCUT2D eigenvalue weighted by molar-refractivity contribution is 0.103. The maximum Gasteiger partial charge on any atom is 0.195 e. The Morgan fingerprint density at radius 1 is 1.00 bits per heavy atom. The number of carbonyl (C=O) groups excluding carboxylic acids is 1. The minimum atomic E-state index is -0.0571. The van der Waals surface area contributed by atoms with Crippen LogP contribution >= 0.6 is 11.6 Å². The molecule has 0 saturated heterocycles. The van der Waals surface area contributed by atoms with Crippen LogP contribution in [0.25, 0.3) is 0 Å². The minimum Gasteiger partial charge on any atom is -0.398 e. The van der Waals surface area contributed by atoms with Crippen LogP contribution in [-0.4, -0.2) is 5.78 Å². The van der Waals surface area contributed by atoms with Gasteiger partial charge in [-0.15, -0.1) is 0 Å². The van der Waals surface area contributed by atoms with E-state index in [0.29, 0.717) is 21.8 Å². The fraction of sp³-hybridized carbons (Fsp3) is 0.235. The number of nitrogens with two attached hydrogens (primary N) is 1. The van der Waals surface area contributed by atoms with Gasteiger partial charge >= 0.3 is 0 Å². The molecule has 2 nitrogen and oxygen atoms in total. The molecule has 0 radical (unpaired) electrons. The first kappa shape index (κ1) is 13.2. The molecule has 0 unspecified atom stereocenters. The zero-order chi connectivity index (χ0) is 14.1. The molecule has 102 valence electrons. The topological polar surface area (TPSA) is 43.1 Å². The van der Waals surface area contributed by atoms with E-state index in [4.69, 9.17) is 17.3 Å². The van der Waals surface area contributed by atoms with Crippen molar-refractivity contribution in [3.05, 3.63) is 63.7 Å². The zero-order valence-electron chi connectivity index (χ0n) is 11.2. The van der Waals surface area contributed by atoms with Crippen LogP contribution in [0.3, 0.4) is 0 Å². The van der Waals surface area contributed by atoms with E-state index >= 15 is 0 Å². The molecule has 2 N–H and O–H groups in total. The molecule has 0 bridgehead atoms. The summed E-state index contributed by atoms with van der Waals surface area (Å²) in [6, 6.07) is 11.0. The molecule has 3 heteroatoms. The number of rotatable bonds is 2. The zero-order valence-corrected chi connectivity index (χ0v) is 11.9. The number of benzene rings is 2. The molecule has 0 aliphatic heterocycles. The molecule has 3 rings (SSSR count). The summed E-state index contributed by atoms with van der Waals surface area (Å²) in [6.45, 7) is 0. The summed E-state index contributed by atoms with van der Waals surface area (Å²) in [7, 11) is 0. The Balaban J connectivity index is 2.00. The van der Waals surface area contributed by atoms with Crippen molar-refractivity contribution in [3.63, 3.8) is 0 Å². The summed E-state index contributed by atoms with van der Waals surface area (Å²) in [5.41, 5.74) is 10.2. The normalized spacial score (nSPS) is 13.8. The van der Waals surface area contributed by atoms with Crippen LogP contribution in [0.5, 0.6) is 0 Å². The van der Waals surface area contributed by atoms with Gasteiger partial charge in [-0.1, -0.05) is 23.7 Å². The maximum absolute atomic E-state index is 12.6. The fourth-order valence-corrected chi connectivity index (χ4v) is 2.93. The van der Waals surface area contributed by atoms with E-state index in [0.717, 1.165) is 12.8 Å². The van der Waals surface area contributed by atoms with Crippen LogP contribution in [-0.2, 0) is 12.8 Å². The lowest BCUT2D eigenvalue weighted by atomic mass is 9.89. The molecule has 0 amide bonds.